The Balaban J connectivity index is 6.02. The third-order valence-electron chi connectivity index (χ3n) is 1.34. The van der Waals surface area contributed by atoms with Crippen molar-refractivity contribution in [3.05, 3.63) is 0 Å². The highest BCUT2D eigenvalue weighted by Gasteiger charge is 2.52. The second-order valence-corrected chi connectivity index (χ2v) is 8.49. The van der Waals surface area contributed by atoms with Crippen molar-refractivity contribution in [2.24, 2.45) is 4.15 Å². The molecule has 0 aromatic carbocycles. The largest absolute Gasteiger partial charge is 0.518 e. The minimum atomic E-state index is -6.62. The van der Waals surface area contributed by atoms with Crippen molar-refractivity contribution in [2.45, 2.75) is 17.9 Å². The standard InChI is InChI=1S/C4H6F7N2O5PS2/c1-2-18-19(11,12-20(14,15)3(5,6)7)13-21(16,17)4(8,9)10/h12H,2H2,1H3. The highest BCUT2D eigenvalue weighted by atomic mass is 32.2. The molecular formula is C4H6F7N2O5PS2. The van der Waals surface area contributed by atoms with E-state index in [2.05, 4.69) is 4.52 Å². The van der Waals surface area contributed by atoms with Crippen LogP contribution >= 0.6 is 7.74 Å². The van der Waals surface area contributed by atoms with Crippen molar-refractivity contribution in [2.75, 3.05) is 6.61 Å². The number of rotatable bonds is 5. The lowest BCUT2D eigenvalue weighted by Gasteiger charge is -2.17. The predicted octanol–water partition coefficient (Wildman–Crippen LogP) is 2.23. The molecule has 0 saturated heterocycles. The predicted molar refractivity (Wildman–Crippen MR) is 55.2 cm³/mol. The third-order valence-corrected chi connectivity index (χ3v) is 6.70. The van der Waals surface area contributed by atoms with Gasteiger partial charge in [-0.2, -0.15) is 39.0 Å². The molecule has 0 aromatic heterocycles. The lowest BCUT2D eigenvalue weighted by molar-refractivity contribution is -0.0443. The van der Waals surface area contributed by atoms with Crippen molar-refractivity contribution in [1.29, 1.82) is 0 Å². The van der Waals surface area contributed by atoms with Gasteiger partial charge in [0.05, 0.1) is 6.61 Å². The number of nitrogens with zero attached hydrogens (tertiary/aromatic N) is 1. The molecule has 0 aliphatic heterocycles. The monoisotopic (exact) mass is 390 g/mol. The number of halogens is 7. The summed E-state index contributed by atoms with van der Waals surface area (Å²) in [5.74, 6) is 0. The van der Waals surface area contributed by atoms with Crippen LogP contribution in [0.25, 0.3) is 0 Å². The van der Waals surface area contributed by atoms with Crippen LogP contribution in [0.3, 0.4) is 0 Å². The SMILES string of the molecule is CCOP(F)(=NS(=O)(=O)C(F)(F)F)NS(=O)(=O)C(F)(F)F. The summed E-state index contributed by atoms with van der Waals surface area (Å²) in [6.45, 7) is -0.104. The van der Waals surface area contributed by atoms with E-state index in [1.54, 1.807) is 0 Å². The van der Waals surface area contributed by atoms with Crippen LogP contribution in [0.1, 0.15) is 6.92 Å². The summed E-state index contributed by atoms with van der Waals surface area (Å²) in [5.41, 5.74) is -12.3. The van der Waals surface area contributed by atoms with E-state index in [-0.39, 0.29) is 4.49 Å². The number of hydrogen-bond donors (Lipinski definition) is 1. The van der Waals surface area contributed by atoms with E-state index < -0.39 is 45.4 Å². The van der Waals surface area contributed by atoms with Crippen LogP contribution in [0, 0.1) is 0 Å². The molecule has 21 heavy (non-hydrogen) atoms. The fourth-order valence-corrected chi connectivity index (χ4v) is 4.87. The van der Waals surface area contributed by atoms with E-state index >= 15 is 0 Å². The first kappa shape index (κ1) is 20.6. The fraction of sp³-hybridized carbons (Fsp3) is 1.00. The average Bonchev–Trinajstić information content (AvgIpc) is 2.10. The molecule has 0 rings (SSSR count). The summed E-state index contributed by atoms with van der Waals surface area (Å²) in [6.07, 6.45) is 0. The van der Waals surface area contributed by atoms with Crippen LogP contribution in [0.15, 0.2) is 4.15 Å². The summed E-state index contributed by atoms with van der Waals surface area (Å²) in [7, 11) is -19.3. The first-order chi connectivity index (χ1) is 8.97. The summed E-state index contributed by atoms with van der Waals surface area (Å²) < 4.78 is 133. The van der Waals surface area contributed by atoms with Crippen LogP contribution in [0.5, 0.6) is 0 Å². The zero-order valence-corrected chi connectivity index (χ0v) is 12.1. The number of hydrogen-bond acceptors (Lipinski definition) is 5. The van der Waals surface area contributed by atoms with Crippen LogP contribution in [-0.4, -0.2) is 34.5 Å². The van der Waals surface area contributed by atoms with Gasteiger partial charge in [-0.05, 0) is 6.92 Å². The second-order valence-electron chi connectivity index (χ2n) is 2.96. The Bertz CT molecular complexity index is 635. The molecule has 128 valence electrons. The van der Waals surface area contributed by atoms with Crippen LogP contribution in [0.2, 0.25) is 0 Å². The molecule has 0 bridgehead atoms. The molecule has 0 aromatic rings. The van der Waals surface area contributed by atoms with Crippen LogP contribution in [-0.2, 0) is 24.6 Å². The average molecular weight is 390 g/mol. The van der Waals surface area contributed by atoms with E-state index in [0.29, 0.717) is 0 Å². The third kappa shape index (κ3) is 5.36. The minimum Gasteiger partial charge on any atom is -0.308 e. The molecule has 7 nitrogen and oxygen atoms in total. The molecule has 0 heterocycles. The van der Waals surface area contributed by atoms with Gasteiger partial charge < -0.3 is 4.52 Å². The van der Waals surface area contributed by atoms with Gasteiger partial charge in [0, 0.05) is 0 Å². The summed E-state index contributed by atoms with van der Waals surface area (Å²) in [4.78, 5) is 0. The van der Waals surface area contributed by atoms with E-state index in [0.717, 1.165) is 6.92 Å². The number of nitrogens with one attached hydrogen (secondary N) is 1. The van der Waals surface area contributed by atoms with E-state index in [9.17, 15) is 47.4 Å². The zero-order valence-electron chi connectivity index (χ0n) is 9.61. The lowest BCUT2D eigenvalue weighted by Crippen LogP contribution is -2.34. The molecule has 0 fully saturated rings. The fourth-order valence-electron chi connectivity index (χ4n) is 0.622. The van der Waals surface area contributed by atoms with Gasteiger partial charge in [-0.25, -0.2) is 8.42 Å². The Kier molecular flexibility index (Phi) is 5.86. The van der Waals surface area contributed by atoms with Crippen molar-refractivity contribution >= 4 is 27.8 Å². The molecular weight excluding hydrogens is 384 g/mol. The van der Waals surface area contributed by atoms with Gasteiger partial charge in [-0.3, -0.25) is 0 Å². The van der Waals surface area contributed by atoms with Crippen molar-refractivity contribution < 1.29 is 51.9 Å². The molecule has 0 radical (unpaired) electrons. The van der Waals surface area contributed by atoms with Crippen molar-refractivity contribution in [3.8, 4) is 0 Å². The maximum absolute atomic E-state index is 13.7. The topological polar surface area (TPSA) is 102 Å². The molecule has 0 aliphatic carbocycles. The minimum absolute atomic E-state index is 0.0624. The van der Waals surface area contributed by atoms with Gasteiger partial charge in [0.15, 0.2) is 0 Å². The Labute approximate surface area is 113 Å². The molecule has 0 amide bonds. The van der Waals surface area contributed by atoms with Gasteiger partial charge in [0.25, 0.3) is 0 Å². The Hall–Kier alpha value is -0.440. The number of sulfonamides is 2. The van der Waals surface area contributed by atoms with Crippen molar-refractivity contribution in [3.63, 3.8) is 0 Å². The van der Waals surface area contributed by atoms with Gasteiger partial charge in [0.1, 0.15) is 0 Å². The summed E-state index contributed by atoms with van der Waals surface area (Å²) >= 11 is 0. The maximum Gasteiger partial charge on any atom is 0.518 e. The Morgan fingerprint density at radius 1 is 1.05 bits per heavy atom. The molecule has 1 N–H and O–H groups in total. The highest BCUT2D eigenvalue weighted by Crippen LogP contribution is 2.52. The highest BCUT2D eigenvalue weighted by molar-refractivity contribution is 7.98. The lowest BCUT2D eigenvalue weighted by atomic mass is 10.9. The molecule has 1 atom stereocenters. The molecule has 1 unspecified atom stereocenters. The quantitative estimate of drug-likeness (QED) is 0.573. The van der Waals surface area contributed by atoms with E-state index in [1.165, 1.54) is 4.15 Å². The number of alkyl halides is 6. The Morgan fingerprint density at radius 2 is 1.48 bits per heavy atom. The van der Waals surface area contributed by atoms with E-state index in [4.69, 9.17) is 0 Å². The Morgan fingerprint density at radius 3 is 1.76 bits per heavy atom. The first-order valence-corrected chi connectivity index (χ1v) is 8.84. The first-order valence-electron chi connectivity index (χ1n) is 4.37. The summed E-state index contributed by atoms with van der Waals surface area (Å²) in [5, 5.41) is 0. The van der Waals surface area contributed by atoms with Crippen LogP contribution in [0.4, 0.5) is 30.5 Å². The van der Waals surface area contributed by atoms with Gasteiger partial charge >= 0.3 is 38.8 Å². The molecule has 0 spiro atoms. The molecule has 0 saturated carbocycles. The zero-order chi connectivity index (χ0) is 17.3. The van der Waals surface area contributed by atoms with Crippen LogP contribution < -0.4 is 4.49 Å². The normalized spacial score (nSPS) is 17.3. The second kappa shape index (κ2) is 5.98. The van der Waals surface area contributed by atoms with Gasteiger partial charge in [-0.15, -0.1) is 8.64 Å². The molecule has 17 heteroatoms. The molecule has 0 aliphatic rings. The smallest absolute Gasteiger partial charge is 0.308 e. The van der Waals surface area contributed by atoms with Gasteiger partial charge in [-0.1, -0.05) is 0 Å². The maximum atomic E-state index is 13.7. The van der Waals surface area contributed by atoms with Gasteiger partial charge in [0.2, 0.25) is 0 Å². The van der Waals surface area contributed by atoms with E-state index in [1.807, 2.05) is 0 Å². The summed E-state index contributed by atoms with van der Waals surface area (Å²) in [6, 6.07) is 0. The van der Waals surface area contributed by atoms with Crippen molar-refractivity contribution in [1.82, 2.24) is 4.49 Å².